The number of aromatic nitrogens is 3. The SMILES string of the molecule is Cn1ncc(NC(=O)c2nc(-c3c(F)cccc3C(F)(F)F)sc2N)c1[C@@H]1CC[C@@H](N)[C@H](F)CO1. The summed E-state index contributed by atoms with van der Waals surface area (Å²) in [5, 5.41) is 6.09. The van der Waals surface area contributed by atoms with Crippen LogP contribution in [0.3, 0.4) is 0 Å². The summed E-state index contributed by atoms with van der Waals surface area (Å²) in [6.45, 7) is -0.225. The highest BCUT2D eigenvalue weighted by Gasteiger charge is 2.36. The van der Waals surface area contributed by atoms with Gasteiger partial charge >= 0.3 is 6.18 Å². The molecule has 0 unspecified atom stereocenters. The lowest BCUT2D eigenvalue weighted by Gasteiger charge is -2.17. The number of hydrogen-bond donors (Lipinski definition) is 3. The highest BCUT2D eigenvalue weighted by molar-refractivity contribution is 7.19. The molecule has 14 heteroatoms. The fourth-order valence-corrected chi connectivity index (χ4v) is 4.73. The molecule has 1 aliphatic rings. The van der Waals surface area contributed by atoms with Gasteiger partial charge in [-0.25, -0.2) is 13.8 Å². The van der Waals surface area contributed by atoms with Gasteiger partial charge in [-0.05, 0) is 25.0 Å². The number of amides is 1. The van der Waals surface area contributed by atoms with Gasteiger partial charge in [0.25, 0.3) is 5.91 Å². The third-order valence-electron chi connectivity index (χ3n) is 5.62. The molecule has 188 valence electrons. The van der Waals surface area contributed by atoms with E-state index in [2.05, 4.69) is 15.4 Å². The minimum Gasteiger partial charge on any atom is -0.389 e. The van der Waals surface area contributed by atoms with E-state index in [-0.39, 0.29) is 28.0 Å². The van der Waals surface area contributed by atoms with Gasteiger partial charge in [0.05, 0.1) is 35.3 Å². The molecule has 4 rings (SSSR count). The molecule has 5 N–H and O–H groups in total. The lowest BCUT2D eigenvalue weighted by Crippen LogP contribution is -2.32. The van der Waals surface area contributed by atoms with Crippen LogP contribution < -0.4 is 16.8 Å². The van der Waals surface area contributed by atoms with Crippen LogP contribution >= 0.6 is 11.3 Å². The number of anilines is 2. The molecule has 0 spiro atoms. The topological polar surface area (TPSA) is 121 Å². The Morgan fingerprint density at radius 3 is 2.77 bits per heavy atom. The van der Waals surface area contributed by atoms with E-state index in [0.29, 0.717) is 29.9 Å². The molecule has 0 radical (unpaired) electrons. The molecule has 0 aliphatic carbocycles. The van der Waals surface area contributed by atoms with Crippen molar-refractivity contribution in [3.63, 3.8) is 0 Å². The summed E-state index contributed by atoms with van der Waals surface area (Å²) in [6.07, 6.45) is -4.72. The molecular weight excluding hydrogens is 495 g/mol. The molecule has 3 heterocycles. The number of halogens is 5. The molecule has 1 fully saturated rings. The number of thiazole rings is 1. The van der Waals surface area contributed by atoms with Crippen molar-refractivity contribution in [1.29, 1.82) is 0 Å². The maximum Gasteiger partial charge on any atom is 0.417 e. The van der Waals surface area contributed by atoms with E-state index >= 15 is 0 Å². The van der Waals surface area contributed by atoms with Crippen molar-refractivity contribution < 1.29 is 31.5 Å². The van der Waals surface area contributed by atoms with Crippen molar-refractivity contribution in [1.82, 2.24) is 14.8 Å². The summed E-state index contributed by atoms with van der Waals surface area (Å²) >= 11 is 0.556. The van der Waals surface area contributed by atoms with Crippen LogP contribution in [0.4, 0.5) is 32.6 Å². The molecule has 0 bridgehead atoms. The molecule has 1 amide bonds. The standard InChI is InChI=1S/C21H21F5N6O2S/c1-32-17(14-6-5-12(27)11(23)8-34-14)13(7-29-32)30-19(33)16-18(28)35-20(31-16)15-9(21(24,25)26)3-2-4-10(15)22/h2-4,7,11-12,14H,5-6,8,27-28H2,1H3,(H,30,33)/t11-,12-,14+/m1/s1. The van der Waals surface area contributed by atoms with Crippen LogP contribution in [0.2, 0.25) is 0 Å². The maximum atomic E-state index is 14.4. The van der Waals surface area contributed by atoms with Crippen LogP contribution in [0, 0.1) is 5.82 Å². The van der Waals surface area contributed by atoms with Crippen LogP contribution in [0.15, 0.2) is 24.4 Å². The first kappa shape index (κ1) is 25.0. The summed E-state index contributed by atoms with van der Waals surface area (Å²) in [7, 11) is 1.61. The van der Waals surface area contributed by atoms with Crippen molar-refractivity contribution in [3.05, 3.63) is 47.2 Å². The van der Waals surface area contributed by atoms with Gasteiger partial charge in [0.1, 0.15) is 28.1 Å². The Labute approximate surface area is 200 Å². The molecule has 35 heavy (non-hydrogen) atoms. The first-order chi connectivity index (χ1) is 16.5. The van der Waals surface area contributed by atoms with E-state index in [1.165, 1.54) is 10.9 Å². The Hall–Kier alpha value is -3.10. The van der Waals surface area contributed by atoms with Crippen LogP contribution in [-0.4, -0.2) is 39.5 Å². The number of hydrogen-bond acceptors (Lipinski definition) is 7. The lowest BCUT2D eigenvalue weighted by molar-refractivity contribution is -0.137. The quantitative estimate of drug-likeness (QED) is 0.450. The number of benzene rings is 1. The van der Waals surface area contributed by atoms with E-state index in [1.54, 1.807) is 7.05 Å². The number of alkyl halides is 4. The molecule has 1 aliphatic heterocycles. The number of nitrogen functional groups attached to an aromatic ring is 1. The zero-order valence-corrected chi connectivity index (χ0v) is 19.1. The highest BCUT2D eigenvalue weighted by atomic mass is 32.1. The van der Waals surface area contributed by atoms with Gasteiger partial charge < -0.3 is 21.5 Å². The predicted octanol–water partition coefficient (Wildman–Crippen LogP) is 4.05. The van der Waals surface area contributed by atoms with Crippen molar-refractivity contribution in [3.8, 4) is 10.6 Å². The second kappa shape index (κ2) is 9.51. The van der Waals surface area contributed by atoms with Gasteiger partial charge in [-0.2, -0.15) is 18.3 Å². The lowest BCUT2D eigenvalue weighted by atomic mass is 10.0. The van der Waals surface area contributed by atoms with E-state index in [1.807, 2.05) is 0 Å². The van der Waals surface area contributed by atoms with Gasteiger partial charge in [0.2, 0.25) is 0 Å². The number of carbonyl (C=O) groups excluding carboxylic acids is 1. The zero-order valence-electron chi connectivity index (χ0n) is 18.3. The van der Waals surface area contributed by atoms with E-state index in [0.717, 1.165) is 18.2 Å². The van der Waals surface area contributed by atoms with Crippen LogP contribution in [0.25, 0.3) is 10.6 Å². The predicted molar refractivity (Wildman–Crippen MR) is 119 cm³/mol. The molecule has 3 aromatic rings. The Kier molecular flexibility index (Phi) is 6.79. The first-order valence-electron chi connectivity index (χ1n) is 10.4. The van der Waals surface area contributed by atoms with E-state index < -0.39 is 47.3 Å². The van der Waals surface area contributed by atoms with E-state index in [9.17, 15) is 26.7 Å². The second-order valence-electron chi connectivity index (χ2n) is 7.99. The molecule has 0 saturated carbocycles. The number of nitrogens with zero attached hydrogens (tertiary/aromatic N) is 3. The average Bonchev–Trinajstić information content (AvgIpc) is 3.29. The highest BCUT2D eigenvalue weighted by Crippen LogP contribution is 2.41. The normalized spacial score (nSPS) is 21.1. The van der Waals surface area contributed by atoms with Gasteiger partial charge in [0.15, 0.2) is 5.69 Å². The number of rotatable bonds is 4. The second-order valence-corrected chi connectivity index (χ2v) is 9.02. The fraction of sp³-hybridized carbons (Fsp3) is 0.381. The number of carbonyl (C=O) groups is 1. The minimum atomic E-state index is -4.84. The number of aryl methyl sites for hydroxylation is 1. The summed E-state index contributed by atoms with van der Waals surface area (Å²) in [6, 6.07) is 1.84. The Balaban J connectivity index is 1.63. The van der Waals surface area contributed by atoms with Gasteiger partial charge in [0, 0.05) is 13.1 Å². The number of nitrogens with one attached hydrogen (secondary N) is 1. The van der Waals surface area contributed by atoms with Crippen molar-refractivity contribution in [2.75, 3.05) is 17.7 Å². The maximum absolute atomic E-state index is 14.4. The number of nitrogens with two attached hydrogens (primary N) is 2. The minimum absolute atomic E-state index is 0.198. The average molecular weight is 516 g/mol. The molecule has 2 aromatic heterocycles. The third kappa shape index (κ3) is 4.99. The van der Waals surface area contributed by atoms with Crippen molar-refractivity contribution >= 4 is 27.9 Å². The Morgan fingerprint density at radius 1 is 1.31 bits per heavy atom. The Morgan fingerprint density at radius 2 is 2.06 bits per heavy atom. The summed E-state index contributed by atoms with van der Waals surface area (Å²) < 4.78 is 75.6. The molecular formula is C21H21F5N6O2S. The largest absolute Gasteiger partial charge is 0.417 e. The molecule has 1 aromatic carbocycles. The fourth-order valence-electron chi connectivity index (χ4n) is 3.84. The zero-order chi connectivity index (χ0) is 25.5. The summed E-state index contributed by atoms with van der Waals surface area (Å²) in [4.78, 5) is 16.9. The van der Waals surface area contributed by atoms with Gasteiger partial charge in [-0.15, -0.1) is 0 Å². The van der Waals surface area contributed by atoms with Crippen LogP contribution in [0.1, 0.15) is 40.7 Å². The third-order valence-corrected chi connectivity index (χ3v) is 6.52. The van der Waals surface area contributed by atoms with Crippen LogP contribution in [-0.2, 0) is 18.0 Å². The summed E-state index contributed by atoms with van der Waals surface area (Å²) in [5.41, 5.74) is 9.92. The monoisotopic (exact) mass is 516 g/mol. The molecule has 1 saturated heterocycles. The van der Waals surface area contributed by atoms with Gasteiger partial charge in [-0.1, -0.05) is 17.4 Å². The smallest absolute Gasteiger partial charge is 0.389 e. The summed E-state index contributed by atoms with van der Waals surface area (Å²) in [5.74, 6) is -1.98. The number of ether oxygens (including phenoxy) is 1. The van der Waals surface area contributed by atoms with E-state index in [4.69, 9.17) is 16.2 Å². The first-order valence-corrected chi connectivity index (χ1v) is 11.3. The van der Waals surface area contributed by atoms with Gasteiger partial charge in [-0.3, -0.25) is 9.48 Å². The Bertz CT molecular complexity index is 1230. The molecule has 3 atom stereocenters. The molecule has 8 nitrogen and oxygen atoms in total. The van der Waals surface area contributed by atoms with Crippen LogP contribution in [0.5, 0.6) is 0 Å². The van der Waals surface area contributed by atoms with Crippen molar-refractivity contribution in [2.45, 2.75) is 37.3 Å². The van der Waals surface area contributed by atoms with Crippen molar-refractivity contribution in [2.24, 2.45) is 12.8 Å².